The molecular weight excluding hydrogens is 496 g/mol. The monoisotopic (exact) mass is 523 g/mol. The average Bonchev–Trinajstić information content (AvgIpc) is 2.81. The van der Waals surface area contributed by atoms with Crippen molar-refractivity contribution in [2.75, 3.05) is 11.9 Å². The van der Waals surface area contributed by atoms with E-state index in [2.05, 4.69) is 5.32 Å². The third-order valence-electron chi connectivity index (χ3n) is 5.68. The van der Waals surface area contributed by atoms with Gasteiger partial charge in [0.05, 0.1) is 29.3 Å². The van der Waals surface area contributed by atoms with Gasteiger partial charge in [0.2, 0.25) is 0 Å². The summed E-state index contributed by atoms with van der Waals surface area (Å²) in [7, 11) is 0. The first-order chi connectivity index (χ1) is 17.3. The van der Waals surface area contributed by atoms with Gasteiger partial charge in [-0.15, -0.1) is 0 Å². The second-order valence-electron chi connectivity index (χ2n) is 8.99. The van der Waals surface area contributed by atoms with Crippen LogP contribution in [0.5, 0.6) is 0 Å². The molecule has 0 aromatic heterocycles. The summed E-state index contributed by atoms with van der Waals surface area (Å²) in [6.45, 7) is 5.11. The number of ether oxygens (including phenoxy) is 1. The molecule has 3 aromatic carbocycles. The summed E-state index contributed by atoms with van der Waals surface area (Å²) >= 11 is 0. The molecule has 0 bridgehead atoms. The van der Waals surface area contributed by atoms with Crippen molar-refractivity contribution in [2.24, 2.45) is 5.92 Å². The third-order valence-corrected chi connectivity index (χ3v) is 5.68. The lowest BCUT2D eigenvalue weighted by Crippen LogP contribution is -2.23. The molecule has 0 amide bonds. The van der Waals surface area contributed by atoms with Crippen molar-refractivity contribution in [2.45, 2.75) is 45.5 Å². The number of anilines is 2. The number of esters is 1. The smallest absolute Gasteiger partial charge is 0.418 e. The summed E-state index contributed by atoms with van der Waals surface area (Å²) in [5.74, 6) is -2.17. The predicted octanol–water partition coefficient (Wildman–Crippen LogP) is 8.83. The molecule has 37 heavy (non-hydrogen) atoms. The van der Waals surface area contributed by atoms with Crippen molar-refractivity contribution < 1.29 is 35.9 Å². The van der Waals surface area contributed by atoms with E-state index in [-0.39, 0.29) is 30.2 Å². The highest BCUT2D eigenvalue weighted by molar-refractivity contribution is 5.83. The lowest BCUT2D eigenvalue weighted by molar-refractivity contribution is -0.146. The van der Waals surface area contributed by atoms with Crippen molar-refractivity contribution in [3.05, 3.63) is 83.4 Å². The van der Waals surface area contributed by atoms with Crippen LogP contribution < -0.4 is 5.32 Å². The Labute approximate surface area is 211 Å². The summed E-state index contributed by atoms with van der Waals surface area (Å²) in [6, 6.07) is 15.1. The second-order valence-corrected chi connectivity index (χ2v) is 8.99. The number of hydrogen-bond donors (Lipinski definition) is 1. The molecule has 0 fully saturated rings. The van der Waals surface area contributed by atoms with Crippen LogP contribution in [0.2, 0.25) is 0 Å². The highest BCUT2D eigenvalue weighted by Crippen LogP contribution is 2.45. The quantitative estimate of drug-likeness (QED) is 0.237. The van der Waals surface area contributed by atoms with Crippen LogP contribution in [-0.2, 0) is 21.9 Å². The fraction of sp³-hybridized carbons (Fsp3) is 0.321. The Bertz CT molecular complexity index is 1220. The lowest BCUT2D eigenvalue weighted by Gasteiger charge is -2.26. The molecule has 3 rings (SSSR count). The van der Waals surface area contributed by atoms with E-state index in [0.717, 1.165) is 18.2 Å². The molecule has 0 spiro atoms. The van der Waals surface area contributed by atoms with Crippen LogP contribution >= 0.6 is 0 Å². The maximum absolute atomic E-state index is 14.6. The SMILES string of the molecule is CCOC(=O)C(CC(C)C)c1cc(-c2ccccc2)cc(Nc2cccc(C(F)(F)F)c2)c1C(F)(F)F. The summed E-state index contributed by atoms with van der Waals surface area (Å²) in [5, 5.41) is 2.55. The zero-order valence-electron chi connectivity index (χ0n) is 20.5. The highest BCUT2D eigenvalue weighted by atomic mass is 19.4. The molecule has 0 aliphatic carbocycles. The molecule has 0 radical (unpaired) electrons. The molecule has 3 nitrogen and oxygen atoms in total. The van der Waals surface area contributed by atoms with Gasteiger partial charge in [-0.05, 0) is 66.3 Å². The fourth-order valence-electron chi connectivity index (χ4n) is 4.14. The molecule has 1 N–H and O–H groups in total. The van der Waals surface area contributed by atoms with E-state index < -0.39 is 41.1 Å². The van der Waals surface area contributed by atoms with Gasteiger partial charge < -0.3 is 10.1 Å². The van der Waals surface area contributed by atoms with Crippen LogP contribution in [-0.4, -0.2) is 12.6 Å². The molecule has 0 aliphatic heterocycles. The Morgan fingerprint density at radius 1 is 0.865 bits per heavy atom. The summed E-state index contributed by atoms with van der Waals surface area (Å²) in [6.07, 6.45) is -9.51. The molecular formula is C28H27F6NO2. The Hall–Kier alpha value is -3.49. The van der Waals surface area contributed by atoms with Crippen molar-refractivity contribution in [1.82, 2.24) is 0 Å². The highest BCUT2D eigenvalue weighted by Gasteiger charge is 2.41. The first-order valence-corrected chi connectivity index (χ1v) is 11.7. The van der Waals surface area contributed by atoms with Gasteiger partial charge in [-0.25, -0.2) is 0 Å². The number of alkyl halides is 6. The standard InChI is InChI=1S/C28H27F6NO2/c1-4-37-26(36)23(13-17(2)3)22-14-19(18-9-6-5-7-10-18)15-24(25(22)28(32,33)34)35-21-12-8-11-20(16-21)27(29,30)31/h5-12,14-17,23,35H,4,13H2,1-3H3. The van der Waals surface area contributed by atoms with Crippen LogP contribution in [0.4, 0.5) is 37.7 Å². The van der Waals surface area contributed by atoms with E-state index in [4.69, 9.17) is 4.74 Å². The van der Waals surface area contributed by atoms with Crippen molar-refractivity contribution in [1.29, 1.82) is 0 Å². The maximum Gasteiger partial charge on any atom is 0.418 e. The predicted molar refractivity (Wildman–Crippen MR) is 130 cm³/mol. The molecule has 0 aliphatic rings. The van der Waals surface area contributed by atoms with Crippen molar-refractivity contribution in [3.8, 4) is 11.1 Å². The Morgan fingerprint density at radius 2 is 1.54 bits per heavy atom. The maximum atomic E-state index is 14.6. The van der Waals surface area contributed by atoms with Gasteiger partial charge in [0.15, 0.2) is 0 Å². The largest absolute Gasteiger partial charge is 0.466 e. The molecule has 198 valence electrons. The fourth-order valence-corrected chi connectivity index (χ4v) is 4.14. The van der Waals surface area contributed by atoms with E-state index in [1.807, 2.05) is 0 Å². The second kappa shape index (κ2) is 11.3. The summed E-state index contributed by atoms with van der Waals surface area (Å²) < 4.78 is 88.7. The number of rotatable bonds is 8. The zero-order chi connectivity index (χ0) is 27.4. The Balaban J connectivity index is 2.30. The van der Waals surface area contributed by atoms with Gasteiger partial charge in [0.25, 0.3) is 0 Å². The van der Waals surface area contributed by atoms with E-state index >= 15 is 0 Å². The number of nitrogens with one attached hydrogen (secondary N) is 1. The zero-order valence-corrected chi connectivity index (χ0v) is 20.5. The van der Waals surface area contributed by atoms with E-state index in [0.29, 0.717) is 11.1 Å². The molecule has 3 aromatic rings. The third kappa shape index (κ3) is 7.05. The number of hydrogen-bond acceptors (Lipinski definition) is 3. The Morgan fingerprint density at radius 3 is 2.11 bits per heavy atom. The lowest BCUT2D eigenvalue weighted by atomic mass is 9.84. The molecule has 1 unspecified atom stereocenters. The van der Waals surface area contributed by atoms with Gasteiger partial charge in [0, 0.05) is 5.69 Å². The molecule has 0 heterocycles. The van der Waals surface area contributed by atoms with Gasteiger partial charge in [0.1, 0.15) is 0 Å². The molecule has 0 saturated heterocycles. The Kier molecular flexibility index (Phi) is 8.56. The van der Waals surface area contributed by atoms with Crippen LogP contribution in [0.15, 0.2) is 66.7 Å². The normalized spacial score (nSPS) is 12.9. The molecule has 1 atom stereocenters. The van der Waals surface area contributed by atoms with Gasteiger partial charge in [-0.3, -0.25) is 4.79 Å². The van der Waals surface area contributed by atoms with Crippen LogP contribution in [0.25, 0.3) is 11.1 Å². The van der Waals surface area contributed by atoms with Crippen molar-refractivity contribution in [3.63, 3.8) is 0 Å². The topological polar surface area (TPSA) is 38.3 Å². The van der Waals surface area contributed by atoms with Gasteiger partial charge in [-0.2, -0.15) is 26.3 Å². The number of halogens is 6. The van der Waals surface area contributed by atoms with Crippen LogP contribution in [0.1, 0.15) is 49.8 Å². The van der Waals surface area contributed by atoms with Crippen LogP contribution in [0, 0.1) is 5.92 Å². The first-order valence-electron chi connectivity index (χ1n) is 11.7. The van der Waals surface area contributed by atoms with E-state index in [1.165, 1.54) is 18.2 Å². The molecule has 0 saturated carbocycles. The molecule has 9 heteroatoms. The number of carbonyl (C=O) groups excluding carboxylic acids is 1. The number of carbonyl (C=O) groups is 1. The average molecular weight is 524 g/mol. The minimum Gasteiger partial charge on any atom is -0.466 e. The van der Waals surface area contributed by atoms with Gasteiger partial charge >= 0.3 is 18.3 Å². The van der Waals surface area contributed by atoms with E-state index in [1.54, 1.807) is 51.1 Å². The summed E-state index contributed by atoms with van der Waals surface area (Å²) in [4.78, 5) is 12.9. The van der Waals surface area contributed by atoms with Gasteiger partial charge in [-0.1, -0.05) is 50.2 Å². The van der Waals surface area contributed by atoms with Crippen molar-refractivity contribution >= 4 is 17.3 Å². The first kappa shape index (κ1) is 28.1. The minimum atomic E-state index is -4.92. The minimum absolute atomic E-state index is 0.0114. The number of benzene rings is 3. The summed E-state index contributed by atoms with van der Waals surface area (Å²) in [5.41, 5.74) is -2.10. The van der Waals surface area contributed by atoms with E-state index in [9.17, 15) is 31.1 Å². The van der Waals surface area contributed by atoms with Crippen LogP contribution in [0.3, 0.4) is 0 Å².